The van der Waals surface area contributed by atoms with Crippen molar-refractivity contribution in [1.82, 2.24) is 0 Å². The molecule has 94 valence electrons. The molecule has 4 amide bonds. The summed E-state index contributed by atoms with van der Waals surface area (Å²) >= 11 is 0. The van der Waals surface area contributed by atoms with Gasteiger partial charge in [-0.1, -0.05) is 0 Å². The van der Waals surface area contributed by atoms with Crippen LogP contribution < -0.4 is 22.9 Å². The maximum atomic E-state index is 9.64. The first-order valence-corrected chi connectivity index (χ1v) is 3.63. The molecule has 10 N–H and O–H groups in total. The molecule has 0 atom stereocenters. The van der Waals surface area contributed by atoms with Crippen LogP contribution in [-0.2, 0) is 9.59 Å². The van der Waals surface area contributed by atoms with Crippen molar-refractivity contribution in [2.24, 2.45) is 22.9 Å². The van der Waals surface area contributed by atoms with Crippen molar-refractivity contribution < 1.29 is 29.4 Å². The van der Waals surface area contributed by atoms with Gasteiger partial charge in [-0.2, -0.15) is 0 Å². The highest BCUT2D eigenvalue weighted by Crippen LogP contribution is 1.86. The molecule has 0 aliphatic rings. The number of nitrogens with two attached hydrogens (primary N) is 4. The van der Waals surface area contributed by atoms with E-state index in [1.54, 1.807) is 0 Å². The average Bonchev–Trinajstić information content (AvgIpc) is 1.98. The summed E-state index contributed by atoms with van der Waals surface area (Å²) in [5.74, 6) is -2.15. The van der Waals surface area contributed by atoms with Gasteiger partial charge in [-0.15, -0.1) is 0 Å². The van der Waals surface area contributed by atoms with Crippen LogP contribution in [0, 0.1) is 0 Å². The summed E-state index contributed by atoms with van der Waals surface area (Å²) in [7, 11) is 0. The number of carboxylic acid groups (broad SMARTS) is 2. The molecule has 0 bridgehead atoms. The van der Waals surface area contributed by atoms with Gasteiger partial charge in [0, 0.05) is 0 Å². The van der Waals surface area contributed by atoms with Gasteiger partial charge in [-0.05, 0) is 0 Å². The van der Waals surface area contributed by atoms with Gasteiger partial charge >= 0.3 is 24.0 Å². The Morgan fingerprint density at radius 1 is 0.688 bits per heavy atom. The number of carbonyl (C=O) groups is 4. The number of carbonyl (C=O) groups excluding carboxylic acids is 2. The van der Waals surface area contributed by atoms with E-state index in [-0.39, 0.29) is 12.8 Å². The number of carboxylic acids is 2. The highest BCUT2D eigenvalue weighted by atomic mass is 16.4. The van der Waals surface area contributed by atoms with Crippen molar-refractivity contribution >= 4 is 24.0 Å². The van der Waals surface area contributed by atoms with E-state index in [9.17, 15) is 9.59 Å². The second-order valence-corrected chi connectivity index (χ2v) is 2.09. The van der Waals surface area contributed by atoms with E-state index in [1.807, 2.05) is 0 Å². The number of rotatable bonds is 3. The van der Waals surface area contributed by atoms with Crippen LogP contribution >= 0.6 is 0 Å². The first-order valence-electron chi connectivity index (χ1n) is 3.63. The molecule has 0 aliphatic carbocycles. The summed E-state index contributed by atoms with van der Waals surface area (Å²) in [6, 6.07) is -1.67. The summed E-state index contributed by atoms with van der Waals surface area (Å²) in [5, 5.41) is 15.8. The zero-order chi connectivity index (χ0) is 13.7. The normalized spacial score (nSPS) is 7.25. The molecule has 0 rings (SSSR count). The van der Waals surface area contributed by atoms with Crippen LogP contribution in [0.4, 0.5) is 9.59 Å². The summed E-state index contributed by atoms with van der Waals surface area (Å²) in [5.41, 5.74) is 17.0. The van der Waals surface area contributed by atoms with Crippen LogP contribution in [0.1, 0.15) is 12.8 Å². The summed E-state index contributed by atoms with van der Waals surface area (Å²) in [6.07, 6.45) is -0.593. The van der Waals surface area contributed by atoms with Gasteiger partial charge in [0.2, 0.25) is 0 Å². The van der Waals surface area contributed by atoms with Gasteiger partial charge in [0.1, 0.15) is 0 Å². The lowest BCUT2D eigenvalue weighted by Gasteiger charge is -1.85. The molecule has 0 spiro atoms. The molecular weight excluding hydrogens is 224 g/mol. The van der Waals surface area contributed by atoms with Gasteiger partial charge < -0.3 is 33.1 Å². The predicted molar refractivity (Wildman–Crippen MR) is 52.0 cm³/mol. The Labute approximate surface area is 90.2 Å². The summed E-state index contributed by atoms with van der Waals surface area (Å²) in [4.78, 5) is 37.3. The van der Waals surface area contributed by atoms with Gasteiger partial charge in [0.15, 0.2) is 0 Å². The number of amides is 4. The summed E-state index contributed by atoms with van der Waals surface area (Å²) < 4.78 is 0. The maximum Gasteiger partial charge on any atom is 0.309 e. The van der Waals surface area contributed by atoms with Gasteiger partial charge in [0.25, 0.3) is 0 Å². The SMILES string of the molecule is NC(N)=O.NC(N)=O.O=C(O)CCC(=O)O. The fraction of sp³-hybridized carbons (Fsp3) is 0.333. The molecule has 0 aliphatic heterocycles. The maximum absolute atomic E-state index is 9.64. The molecule has 0 aromatic carbocycles. The van der Waals surface area contributed by atoms with Gasteiger partial charge in [0.05, 0.1) is 12.8 Å². The Balaban J connectivity index is -0.000000179. The number of primary amides is 4. The zero-order valence-corrected chi connectivity index (χ0v) is 8.25. The number of aliphatic carboxylic acids is 2. The Morgan fingerprint density at radius 2 is 0.812 bits per heavy atom. The Morgan fingerprint density at radius 3 is 0.875 bits per heavy atom. The van der Waals surface area contributed by atoms with E-state index in [0.717, 1.165) is 0 Å². The number of hydrogen-bond acceptors (Lipinski definition) is 4. The molecule has 0 fully saturated rings. The Bertz CT molecular complexity index is 219. The molecule has 0 unspecified atom stereocenters. The van der Waals surface area contributed by atoms with E-state index in [1.165, 1.54) is 0 Å². The third-order valence-electron chi connectivity index (χ3n) is 0.553. The van der Waals surface area contributed by atoms with Gasteiger partial charge in [-0.25, -0.2) is 9.59 Å². The second kappa shape index (κ2) is 12.5. The molecule has 0 saturated heterocycles. The van der Waals surface area contributed by atoms with E-state index in [2.05, 4.69) is 22.9 Å². The van der Waals surface area contributed by atoms with Crippen molar-refractivity contribution in [3.05, 3.63) is 0 Å². The molecule has 0 heterocycles. The van der Waals surface area contributed by atoms with Gasteiger partial charge in [-0.3, -0.25) is 9.59 Å². The first kappa shape index (κ1) is 19.1. The number of hydrogen-bond donors (Lipinski definition) is 6. The highest BCUT2D eigenvalue weighted by Gasteiger charge is 2.00. The van der Waals surface area contributed by atoms with Crippen molar-refractivity contribution in [2.75, 3.05) is 0 Å². The van der Waals surface area contributed by atoms with E-state index in [0.29, 0.717) is 0 Å². The second-order valence-electron chi connectivity index (χ2n) is 2.09. The number of urea groups is 2. The van der Waals surface area contributed by atoms with Crippen molar-refractivity contribution in [2.45, 2.75) is 12.8 Å². The van der Waals surface area contributed by atoms with E-state index in [4.69, 9.17) is 19.8 Å². The fourth-order valence-corrected chi connectivity index (χ4v) is 0.214. The van der Waals surface area contributed by atoms with Crippen molar-refractivity contribution in [3.63, 3.8) is 0 Å². The third-order valence-corrected chi connectivity index (χ3v) is 0.553. The third kappa shape index (κ3) is 205. The van der Waals surface area contributed by atoms with E-state index < -0.39 is 24.0 Å². The minimum absolute atomic E-state index is 0.296. The highest BCUT2D eigenvalue weighted by molar-refractivity contribution is 5.75. The molecule has 10 nitrogen and oxygen atoms in total. The first-order chi connectivity index (χ1) is 7.09. The smallest absolute Gasteiger partial charge is 0.309 e. The van der Waals surface area contributed by atoms with Crippen LogP contribution in [-0.4, -0.2) is 34.2 Å². The molecule has 10 heteroatoms. The largest absolute Gasteiger partial charge is 0.481 e. The van der Waals surface area contributed by atoms with Crippen LogP contribution in [0.5, 0.6) is 0 Å². The molecule has 16 heavy (non-hydrogen) atoms. The molecule has 0 saturated carbocycles. The quantitative estimate of drug-likeness (QED) is 0.326. The predicted octanol–water partition coefficient (Wildman–Crippen LogP) is -2.02. The topological polar surface area (TPSA) is 213 Å². The monoisotopic (exact) mass is 238 g/mol. The standard InChI is InChI=1S/C4H6O4.2CH4N2O/c5-3(6)1-2-4(7)8;2*2-1(3)4/h1-2H2,(H,5,6)(H,7,8);2*(H4,2,3,4). The molecule has 0 radical (unpaired) electrons. The zero-order valence-electron chi connectivity index (χ0n) is 8.25. The van der Waals surface area contributed by atoms with Crippen molar-refractivity contribution in [3.8, 4) is 0 Å². The summed E-state index contributed by atoms with van der Waals surface area (Å²) in [6.45, 7) is 0. The molecular formula is C6H14N4O6. The van der Waals surface area contributed by atoms with Crippen molar-refractivity contribution in [1.29, 1.82) is 0 Å². The Hall–Kier alpha value is -2.52. The molecule has 0 aromatic heterocycles. The fourth-order valence-electron chi connectivity index (χ4n) is 0.214. The lowest BCUT2D eigenvalue weighted by molar-refractivity contribution is -0.143. The van der Waals surface area contributed by atoms with Crippen LogP contribution in [0.15, 0.2) is 0 Å². The lowest BCUT2D eigenvalue weighted by atomic mass is 10.3. The van der Waals surface area contributed by atoms with Crippen LogP contribution in [0.2, 0.25) is 0 Å². The average molecular weight is 238 g/mol. The Kier molecular flexibility index (Phi) is 14.9. The lowest BCUT2D eigenvalue weighted by Crippen LogP contribution is -2.18. The van der Waals surface area contributed by atoms with Crippen LogP contribution in [0.3, 0.4) is 0 Å². The minimum Gasteiger partial charge on any atom is -0.481 e. The molecule has 0 aromatic rings. The minimum atomic E-state index is -1.08. The van der Waals surface area contributed by atoms with E-state index >= 15 is 0 Å². The van der Waals surface area contributed by atoms with Crippen LogP contribution in [0.25, 0.3) is 0 Å².